The monoisotopic (exact) mass is 308 g/mol. The molecular formula is C15H18ClFN4. The Morgan fingerprint density at radius 2 is 2.00 bits per heavy atom. The molecule has 1 aliphatic rings. The third-order valence-corrected chi connectivity index (χ3v) is 3.54. The molecular weight excluding hydrogens is 291 g/mol. The first kappa shape index (κ1) is 15.8. The first-order valence-corrected chi connectivity index (χ1v) is 6.83. The normalized spacial score (nSPS) is 17.0. The van der Waals surface area contributed by atoms with Crippen molar-refractivity contribution in [1.82, 2.24) is 15.3 Å². The van der Waals surface area contributed by atoms with Gasteiger partial charge in [0, 0.05) is 30.5 Å². The van der Waals surface area contributed by atoms with Crippen molar-refractivity contribution in [3.05, 3.63) is 47.2 Å². The minimum Gasteiger partial charge on any atom is -0.312 e. The number of nitrogens with one attached hydrogen (secondary N) is 1. The average molecular weight is 309 g/mol. The number of aryl methyl sites for hydroxylation is 1. The lowest BCUT2D eigenvalue weighted by molar-refractivity contribution is 0.510. The number of nitrogens with zero attached hydrogens (tertiary/aromatic N) is 2. The molecule has 6 heteroatoms. The van der Waals surface area contributed by atoms with Crippen molar-refractivity contribution in [3.8, 4) is 11.3 Å². The number of hydrogen-bond acceptors (Lipinski definition) is 4. The van der Waals surface area contributed by atoms with E-state index in [0.29, 0.717) is 0 Å². The van der Waals surface area contributed by atoms with E-state index in [-0.39, 0.29) is 24.4 Å². The van der Waals surface area contributed by atoms with Gasteiger partial charge in [-0.2, -0.15) is 0 Å². The van der Waals surface area contributed by atoms with Crippen LogP contribution in [0.15, 0.2) is 24.3 Å². The van der Waals surface area contributed by atoms with Crippen molar-refractivity contribution in [2.75, 3.05) is 6.54 Å². The number of fused-ring (bicyclic) bond motifs is 1. The summed E-state index contributed by atoms with van der Waals surface area (Å²) in [6.07, 6.45) is 1.33. The summed E-state index contributed by atoms with van der Waals surface area (Å²) in [7, 11) is 0. The molecule has 0 amide bonds. The van der Waals surface area contributed by atoms with Crippen molar-refractivity contribution in [1.29, 1.82) is 0 Å². The average Bonchev–Trinajstić information content (AvgIpc) is 2.47. The number of benzene rings is 1. The zero-order valence-corrected chi connectivity index (χ0v) is 12.6. The minimum absolute atomic E-state index is 0. The summed E-state index contributed by atoms with van der Waals surface area (Å²) in [5.74, 6) is 0.548. The Labute approximate surface area is 129 Å². The predicted octanol–water partition coefficient (Wildman–Crippen LogP) is 2.37. The van der Waals surface area contributed by atoms with Crippen molar-refractivity contribution >= 4 is 12.4 Å². The minimum atomic E-state index is -0.273. The van der Waals surface area contributed by atoms with Gasteiger partial charge in [0.1, 0.15) is 11.6 Å². The molecule has 1 atom stereocenters. The summed E-state index contributed by atoms with van der Waals surface area (Å²) in [6, 6.07) is 6.35. The molecule has 3 N–H and O–H groups in total. The third-order valence-electron chi connectivity index (χ3n) is 3.54. The summed E-state index contributed by atoms with van der Waals surface area (Å²) in [6.45, 7) is 2.84. The smallest absolute Gasteiger partial charge is 0.129 e. The lowest BCUT2D eigenvalue weighted by Gasteiger charge is -2.25. The van der Waals surface area contributed by atoms with Crippen molar-refractivity contribution < 1.29 is 4.39 Å². The molecule has 4 nitrogen and oxygen atoms in total. The standard InChI is InChI=1S/C15H17FN4.ClH/c1-2-12-19-11-7-8-18-15(17)13(11)14(20-12)9-3-5-10(16)6-4-9;/h3-6,15,18H,2,7-8,17H2,1H3;1H. The van der Waals surface area contributed by atoms with Crippen LogP contribution < -0.4 is 11.1 Å². The fraction of sp³-hybridized carbons (Fsp3) is 0.333. The SMILES string of the molecule is CCc1nc2c(c(-c3ccc(F)cc3)n1)C(N)NCC2.Cl. The summed E-state index contributed by atoms with van der Waals surface area (Å²) in [5, 5.41) is 3.22. The van der Waals surface area contributed by atoms with Gasteiger partial charge in [0.15, 0.2) is 0 Å². The van der Waals surface area contributed by atoms with Crippen LogP contribution in [0.2, 0.25) is 0 Å². The zero-order valence-electron chi connectivity index (χ0n) is 11.8. The first-order chi connectivity index (χ1) is 9.69. The summed E-state index contributed by atoms with van der Waals surface area (Å²) < 4.78 is 13.1. The Hall–Kier alpha value is -1.56. The van der Waals surface area contributed by atoms with E-state index < -0.39 is 0 Å². The molecule has 0 fully saturated rings. The molecule has 0 saturated carbocycles. The Morgan fingerprint density at radius 1 is 1.29 bits per heavy atom. The lowest BCUT2D eigenvalue weighted by atomic mass is 9.98. The number of hydrogen-bond donors (Lipinski definition) is 2. The van der Waals surface area contributed by atoms with E-state index >= 15 is 0 Å². The van der Waals surface area contributed by atoms with Gasteiger partial charge in [-0.05, 0) is 24.3 Å². The quantitative estimate of drug-likeness (QED) is 0.894. The largest absolute Gasteiger partial charge is 0.312 e. The molecule has 0 aliphatic carbocycles. The number of rotatable bonds is 2. The van der Waals surface area contributed by atoms with E-state index in [1.807, 2.05) is 6.92 Å². The van der Waals surface area contributed by atoms with Gasteiger partial charge in [-0.15, -0.1) is 12.4 Å². The van der Waals surface area contributed by atoms with E-state index in [1.54, 1.807) is 12.1 Å². The van der Waals surface area contributed by atoms with Crippen LogP contribution in [0.4, 0.5) is 4.39 Å². The van der Waals surface area contributed by atoms with Crippen molar-refractivity contribution in [2.24, 2.45) is 5.73 Å². The molecule has 112 valence electrons. The van der Waals surface area contributed by atoms with Crippen LogP contribution in [0.25, 0.3) is 11.3 Å². The second kappa shape index (κ2) is 6.47. The lowest BCUT2D eigenvalue weighted by Crippen LogP contribution is -2.37. The molecule has 0 saturated heterocycles. The van der Waals surface area contributed by atoms with Gasteiger partial charge in [-0.25, -0.2) is 14.4 Å². The highest BCUT2D eigenvalue weighted by Crippen LogP contribution is 2.29. The fourth-order valence-electron chi connectivity index (χ4n) is 2.52. The second-order valence-electron chi connectivity index (χ2n) is 4.89. The highest BCUT2D eigenvalue weighted by molar-refractivity contribution is 5.85. The third kappa shape index (κ3) is 3.05. The van der Waals surface area contributed by atoms with Crippen molar-refractivity contribution in [3.63, 3.8) is 0 Å². The summed E-state index contributed by atoms with van der Waals surface area (Å²) >= 11 is 0. The van der Waals surface area contributed by atoms with E-state index in [0.717, 1.165) is 47.7 Å². The Morgan fingerprint density at radius 3 is 2.67 bits per heavy atom. The molecule has 0 spiro atoms. The van der Waals surface area contributed by atoms with E-state index in [4.69, 9.17) is 5.73 Å². The van der Waals surface area contributed by atoms with E-state index in [2.05, 4.69) is 15.3 Å². The Bertz CT molecular complexity index is 630. The second-order valence-corrected chi connectivity index (χ2v) is 4.89. The number of halogens is 2. The van der Waals surface area contributed by atoms with Gasteiger partial charge in [-0.3, -0.25) is 5.32 Å². The first-order valence-electron chi connectivity index (χ1n) is 6.83. The summed E-state index contributed by atoms with van der Waals surface area (Å²) in [5.41, 5.74) is 9.76. The van der Waals surface area contributed by atoms with Crippen LogP contribution in [0.5, 0.6) is 0 Å². The van der Waals surface area contributed by atoms with Crippen LogP contribution >= 0.6 is 12.4 Å². The zero-order chi connectivity index (χ0) is 14.1. The van der Waals surface area contributed by atoms with Gasteiger partial charge < -0.3 is 5.73 Å². The van der Waals surface area contributed by atoms with Crippen LogP contribution in [0, 0.1) is 5.82 Å². The molecule has 2 heterocycles. The molecule has 3 rings (SSSR count). The van der Waals surface area contributed by atoms with Crippen molar-refractivity contribution in [2.45, 2.75) is 25.9 Å². The summed E-state index contributed by atoms with van der Waals surface area (Å²) in [4.78, 5) is 9.18. The Balaban J connectivity index is 0.00000161. The van der Waals surface area contributed by atoms with Gasteiger partial charge in [0.2, 0.25) is 0 Å². The highest BCUT2D eigenvalue weighted by atomic mass is 35.5. The maximum absolute atomic E-state index is 13.1. The highest BCUT2D eigenvalue weighted by Gasteiger charge is 2.23. The van der Waals surface area contributed by atoms with Crippen LogP contribution in [-0.4, -0.2) is 16.5 Å². The molecule has 1 unspecified atom stereocenters. The van der Waals surface area contributed by atoms with Gasteiger partial charge >= 0.3 is 0 Å². The van der Waals surface area contributed by atoms with Gasteiger partial charge in [0.05, 0.1) is 17.6 Å². The van der Waals surface area contributed by atoms with Gasteiger partial charge in [0.25, 0.3) is 0 Å². The van der Waals surface area contributed by atoms with E-state index in [1.165, 1.54) is 12.1 Å². The Kier molecular flexibility index (Phi) is 4.88. The van der Waals surface area contributed by atoms with Crippen LogP contribution in [0.1, 0.15) is 30.2 Å². The van der Waals surface area contributed by atoms with Crippen LogP contribution in [0.3, 0.4) is 0 Å². The molecule has 0 radical (unpaired) electrons. The molecule has 2 aromatic rings. The van der Waals surface area contributed by atoms with Gasteiger partial charge in [-0.1, -0.05) is 6.92 Å². The maximum atomic E-state index is 13.1. The molecule has 1 aliphatic heterocycles. The van der Waals surface area contributed by atoms with Crippen LogP contribution in [-0.2, 0) is 12.8 Å². The molecule has 1 aromatic carbocycles. The predicted molar refractivity (Wildman–Crippen MR) is 82.7 cm³/mol. The molecule has 0 bridgehead atoms. The topological polar surface area (TPSA) is 63.8 Å². The maximum Gasteiger partial charge on any atom is 0.129 e. The fourth-order valence-corrected chi connectivity index (χ4v) is 2.52. The number of nitrogens with two attached hydrogens (primary N) is 1. The number of aromatic nitrogens is 2. The van der Waals surface area contributed by atoms with E-state index in [9.17, 15) is 4.39 Å². The molecule has 21 heavy (non-hydrogen) atoms. The molecule has 1 aromatic heterocycles.